The average molecular weight is 328 g/mol. The summed E-state index contributed by atoms with van der Waals surface area (Å²) >= 11 is 1.46. The van der Waals surface area contributed by atoms with Gasteiger partial charge in [0.2, 0.25) is 10.0 Å². The highest BCUT2D eigenvalue weighted by Gasteiger charge is 2.38. The highest BCUT2D eigenvalue weighted by atomic mass is 32.2. The third-order valence-electron chi connectivity index (χ3n) is 3.89. The van der Waals surface area contributed by atoms with Gasteiger partial charge >= 0.3 is 0 Å². The van der Waals surface area contributed by atoms with Crippen molar-refractivity contribution < 1.29 is 12.8 Å². The summed E-state index contributed by atoms with van der Waals surface area (Å²) in [4.78, 5) is 0.0103. The smallest absolute Gasteiger partial charge is 0.207 e. The second-order valence-corrected chi connectivity index (χ2v) is 8.22. The minimum Gasteiger partial charge on any atom is -0.207 e. The average Bonchev–Trinajstić information content (AvgIpc) is 2.49. The highest BCUT2D eigenvalue weighted by Crippen LogP contribution is 2.35. The Balaban J connectivity index is 2.27. The van der Waals surface area contributed by atoms with E-state index in [0.29, 0.717) is 18.4 Å². The van der Waals surface area contributed by atoms with Gasteiger partial charge in [-0.1, -0.05) is 6.07 Å². The van der Waals surface area contributed by atoms with Crippen LogP contribution in [0.4, 0.5) is 4.39 Å². The molecule has 4 nitrogen and oxygen atoms in total. The van der Waals surface area contributed by atoms with Crippen LogP contribution in [0, 0.1) is 24.1 Å². The first-order valence-electron chi connectivity index (χ1n) is 6.57. The maximum absolute atomic E-state index is 13.3. The number of rotatable bonds is 3. The molecule has 0 aromatic heterocycles. The zero-order chi connectivity index (χ0) is 15.7. The maximum Gasteiger partial charge on any atom is 0.243 e. The van der Waals surface area contributed by atoms with Gasteiger partial charge in [-0.15, -0.1) is 11.8 Å². The highest BCUT2D eigenvalue weighted by molar-refractivity contribution is 8.00. The van der Waals surface area contributed by atoms with Crippen molar-refractivity contribution in [2.75, 3.05) is 19.3 Å². The van der Waals surface area contributed by atoms with Crippen LogP contribution >= 0.6 is 11.8 Å². The summed E-state index contributed by atoms with van der Waals surface area (Å²) in [6.45, 7) is 2.22. The van der Waals surface area contributed by atoms with Gasteiger partial charge in [0, 0.05) is 13.1 Å². The van der Waals surface area contributed by atoms with E-state index in [9.17, 15) is 18.1 Å². The zero-order valence-electron chi connectivity index (χ0n) is 12.0. The van der Waals surface area contributed by atoms with E-state index >= 15 is 0 Å². The lowest BCUT2D eigenvalue weighted by Gasteiger charge is -2.35. The van der Waals surface area contributed by atoms with E-state index in [1.165, 1.54) is 28.2 Å². The SMILES string of the molecule is CSC1(C#N)CCN(S(=O)(=O)c2cc(F)ccc2C)CC1. The van der Waals surface area contributed by atoms with E-state index in [-0.39, 0.29) is 18.0 Å². The molecule has 0 amide bonds. The molecule has 0 bridgehead atoms. The van der Waals surface area contributed by atoms with E-state index in [0.717, 1.165) is 6.07 Å². The van der Waals surface area contributed by atoms with Crippen LogP contribution in [0.2, 0.25) is 0 Å². The van der Waals surface area contributed by atoms with Gasteiger partial charge in [0.15, 0.2) is 0 Å². The van der Waals surface area contributed by atoms with Gasteiger partial charge in [0.05, 0.1) is 11.0 Å². The normalized spacial score (nSPS) is 19.1. The molecule has 0 spiro atoms. The van der Waals surface area contributed by atoms with Crippen molar-refractivity contribution >= 4 is 21.8 Å². The second-order valence-electron chi connectivity index (χ2n) is 5.12. The third kappa shape index (κ3) is 3.07. The number of aryl methyl sites for hydroxylation is 1. The number of halogens is 1. The lowest BCUT2D eigenvalue weighted by Crippen LogP contribution is -2.44. The van der Waals surface area contributed by atoms with Crippen LogP contribution in [0.5, 0.6) is 0 Å². The summed E-state index contributed by atoms with van der Waals surface area (Å²) in [6, 6.07) is 6.06. The summed E-state index contributed by atoms with van der Waals surface area (Å²) in [5.41, 5.74) is 0.526. The Morgan fingerprint density at radius 1 is 1.38 bits per heavy atom. The summed E-state index contributed by atoms with van der Waals surface area (Å²) in [7, 11) is -3.71. The van der Waals surface area contributed by atoms with Gasteiger partial charge in [0.1, 0.15) is 10.6 Å². The van der Waals surface area contributed by atoms with E-state index in [1.807, 2.05) is 6.26 Å². The first kappa shape index (κ1) is 16.3. The number of hydrogen-bond donors (Lipinski definition) is 0. The molecule has 0 atom stereocenters. The Bertz CT molecular complexity index is 675. The molecule has 21 heavy (non-hydrogen) atoms. The van der Waals surface area contributed by atoms with Gasteiger partial charge in [0.25, 0.3) is 0 Å². The van der Waals surface area contributed by atoms with Crippen LogP contribution in [0.3, 0.4) is 0 Å². The van der Waals surface area contributed by atoms with Gasteiger partial charge in [-0.05, 0) is 43.7 Å². The molecule has 0 saturated carbocycles. The molecule has 0 aliphatic carbocycles. The lowest BCUT2D eigenvalue weighted by molar-refractivity contribution is 0.327. The van der Waals surface area contributed by atoms with E-state index in [4.69, 9.17) is 0 Å². The molecule has 1 saturated heterocycles. The zero-order valence-corrected chi connectivity index (χ0v) is 13.6. The minimum atomic E-state index is -3.71. The van der Waals surface area contributed by atoms with Crippen LogP contribution < -0.4 is 0 Å². The summed E-state index contributed by atoms with van der Waals surface area (Å²) in [5, 5.41) is 9.24. The Hall–Kier alpha value is -1.10. The minimum absolute atomic E-state index is 0.0103. The standard InChI is InChI=1S/C14H17FN2O2S2/c1-11-3-4-12(15)9-13(11)21(18,19)17-7-5-14(10-16,20-2)6-8-17/h3-4,9H,5-8H2,1-2H3. The number of hydrogen-bond acceptors (Lipinski definition) is 4. The fourth-order valence-electron chi connectivity index (χ4n) is 2.44. The molecule has 0 radical (unpaired) electrons. The van der Waals surface area contributed by atoms with Crippen molar-refractivity contribution in [2.24, 2.45) is 0 Å². The fourth-order valence-corrected chi connectivity index (χ4v) is 4.80. The second kappa shape index (κ2) is 5.95. The molecule has 7 heteroatoms. The number of sulfonamides is 1. The van der Waals surface area contributed by atoms with Gasteiger partial charge < -0.3 is 0 Å². The maximum atomic E-state index is 13.3. The van der Waals surface area contributed by atoms with Gasteiger partial charge in [-0.2, -0.15) is 9.57 Å². The topological polar surface area (TPSA) is 61.2 Å². The Morgan fingerprint density at radius 3 is 2.52 bits per heavy atom. The number of thioether (sulfide) groups is 1. The van der Waals surface area contributed by atoms with Crippen molar-refractivity contribution in [1.29, 1.82) is 5.26 Å². The number of nitrogens with zero attached hydrogens (tertiary/aromatic N) is 2. The number of benzene rings is 1. The first-order chi connectivity index (χ1) is 9.84. The van der Waals surface area contributed by atoms with E-state index in [1.54, 1.807) is 6.92 Å². The van der Waals surface area contributed by atoms with Crippen molar-refractivity contribution in [1.82, 2.24) is 4.31 Å². The lowest BCUT2D eigenvalue weighted by atomic mass is 9.99. The van der Waals surface area contributed by atoms with Crippen molar-refractivity contribution in [3.63, 3.8) is 0 Å². The largest absolute Gasteiger partial charge is 0.243 e. The monoisotopic (exact) mass is 328 g/mol. The molecule has 1 aliphatic rings. The third-order valence-corrected chi connectivity index (χ3v) is 7.21. The first-order valence-corrected chi connectivity index (χ1v) is 9.24. The molecule has 114 valence electrons. The van der Waals surface area contributed by atoms with Crippen molar-refractivity contribution in [3.8, 4) is 6.07 Å². The van der Waals surface area contributed by atoms with Crippen LogP contribution in [0.25, 0.3) is 0 Å². The quantitative estimate of drug-likeness (QED) is 0.855. The van der Waals surface area contributed by atoms with Crippen molar-refractivity contribution in [3.05, 3.63) is 29.6 Å². The van der Waals surface area contributed by atoms with Gasteiger partial charge in [-0.25, -0.2) is 12.8 Å². The molecule has 1 heterocycles. The summed E-state index contributed by atoms with van der Waals surface area (Å²) in [5.74, 6) is -0.563. The van der Waals surface area contributed by atoms with Crippen LogP contribution in [-0.4, -0.2) is 36.8 Å². The molecular weight excluding hydrogens is 311 g/mol. The molecule has 0 N–H and O–H groups in total. The predicted molar refractivity (Wildman–Crippen MR) is 81.0 cm³/mol. The number of piperidine rings is 1. The molecule has 1 aliphatic heterocycles. The molecule has 0 unspecified atom stereocenters. The van der Waals surface area contributed by atoms with Gasteiger partial charge in [-0.3, -0.25) is 0 Å². The van der Waals surface area contributed by atoms with E-state index in [2.05, 4.69) is 6.07 Å². The Morgan fingerprint density at radius 2 is 2.00 bits per heavy atom. The molecule has 2 rings (SSSR count). The van der Waals surface area contributed by atoms with Crippen LogP contribution in [-0.2, 0) is 10.0 Å². The molecule has 1 aromatic rings. The van der Waals surface area contributed by atoms with Crippen LogP contribution in [0.1, 0.15) is 18.4 Å². The fraction of sp³-hybridized carbons (Fsp3) is 0.500. The molecule has 1 aromatic carbocycles. The van der Waals surface area contributed by atoms with Crippen LogP contribution in [0.15, 0.2) is 23.1 Å². The Labute approximate surface area is 129 Å². The molecular formula is C14H17FN2O2S2. The summed E-state index contributed by atoms with van der Waals surface area (Å²) in [6.07, 6.45) is 2.83. The predicted octanol–water partition coefficient (Wildman–Crippen LogP) is 2.54. The Kier molecular flexibility index (Phi) is 4.61. The number of nitriles is 1. The van der Waals surface area contributed by atoms with E-state index < -0.39 is 20.6 Å². The molecule has 1 fully saturated rings. The van der Waals surface area contributed by atoms with Crippen molar-refractivity contribution in [2.45, 2.75) is 29.4 Å². The summed E-state index contributed by atoms with van der Waals surface area (Å²) < 4.78 is 39.4.